The molecule has 1 nitrogen and oxygen atoms in total. The van der Waals surface area contributed by atoms with Crippen molar-refractivity contribution >= 4 is 23.2 Å². The summed E-state index contributed by atoms with van der Waals surface area (Å²) in [4.78, 5) is 0. The summed E-state index contributed by atoms with van der Waals surface area (Å²) in [5, 5.41) is 4.76. The number of halogens is 2. The van der Waals surface area contributed by atoms with E-state index in [0.29, 0.717) is 22.0 Å². The van der Waals surface area contributed by atoms with Crippen molar-refractivity contribution in [2.24, 2.45) is 0 Å². The van der Waals surface area contributed by atoms with Gasteiger partial charge >= 0.3 is 0 Å². The highest BCUT2D eigenvalue weighted by Gasteiger charge is 2.24. The molecule has 1 aliphatic rings. The van der Waals surface area contributed by atoms with E-state index in [9.17, 15) is 0 Å². The fourth-order valence-corrected chi connectivity index (χ4v) is 3.10. The number of hydrogen-bond acceptors (Lipinski definition) is 1. The van der Waals surface area contributed by atoms with Crippen molar-refractivity contribution in [2.75, 3.05) is 7.05 Å². The Balaban J connectivity index is 2.25. The van der Waals surface area contributed by atoms with Crippen LogP contribution in [0.15, 0.2) is 18.2 Å². The van der Waals surface area contributed by atoms with Crippen LogP contribution in [-0.4, -0.2) is 13.1 Å². The predicted octanol–water partition coefficient (Wildman–Crippen LogP) is 4.63. The van der Waals surface area contributed by atoms with Gasteiger partial charge in [0.1, 0.15) is 0 Å². The molecule has 1 aliphatic carbocycles. The number of nitrogens with one attached hydrogen (secondary N) is 1. The molecule has 1 N–H and O–H groups in total. The van der Waals surface area contributed by atoms with E-state index in [1.54, 1.807) is 0 Å². The quantitative estimate of drug-likeness (QED) is 0.774. The molecule has 17 heavy (non-hydrogen) atoms. The van der Waals surface area contributed by atoms with Crippen molar-refractivity contribution in [2.45, 2.75) is 44.1 Å². The zero-order chi connectivity index (χ0) is 12.3. The van der Waals surface area contributed by atoms with Crippen molar-refractivity contribution in [3.63, 3.8) is 0 Å². The third-order valence-electron chi connectivity index (χ3n) is 3.76. The van der Waals surface area contributed by atoms with E-state index in [0.717, 1.165) is 0 Å². The third kappa shape index (κ3) is 3.15. The lowest BCUT2D eigenvalue weighted by Gasteiger charge is -2.25. The molecule has 1 aromatic rings. The molecule has 0 amide bonds. The molecule has 1 aromatic carbocycles. The second kappa shape index (κ2) is 6.08. The van der Waals surface area contributed by atoms with Crippen molar-refractivity contribution < 1.29 is 0 Å². The highest BCUT2D eigenvalue weighted by Crippen LogP contribution is 2.34. The molecular formula is C14H19Cl2N. The van der Waals surface area contributed by atoms with Gasteiger partial charge in [-0.2, -0.15) is 0 Å². The number of benzene rings is 1. The molecule has 0 spiro atoms. The first-order valence-corrected chi connectivity index (χ1v) is 7.10. The molecule has 3 heteroatoms. The summed E-state index contributed by atoms with van der Waals surface area (Å²) in [6.45, 7) is 0. The van der Waals surface area contributed by atoms with Crippen molar-refractivity contribution in [3.8, 4) is 0 Å². The van der Waals surface area contributed by atoms with E-state index < -0.39 is 0 Å². The summed E-state index contributed by atoms with van der Waals surface area (Å²) in [5.41, 5.74) is 1.32. The van der Waals surface area contributed by atoms with E-state index in [-0.39, 0.29) is 0 Å². The van der Waals surface area contributed by atoms with E-state index in [2.05, 4.69) is 18.4 Å². The molecule has 0 aliphatic heterocycles. The van der Waals surface area contributed by atoms with E-state index in [1.165, 1.54) is 37.7 Å². The van der Waals surface area contributed by atoms with Gasteiger partial charge in [-0.25, -0.2) is 0 Å². The van der Waals surface area contributed by atoms with Crippen molar-refractivity contribution in [1.29, 1.82) is 0 Å². The normalized spacial score (nSPS) is 25.6. The summed E-state index contributed by atoms with van der Waals surface area (Å²) in [6.07, 6.45) is 6.47. The van der Waals surface area contributed by atoms with Crippen LogP contribution >= 0.6 is 23.2 Å². The molecule has 1 fully saturated rings. The van der Waals surface area contributed by atoms with E-state index >= 15 is 0 Å². The smallest absolute Gasteiger partial charge is 0.0595 e. The minimum atomic E-state index is 0.565. The molecule has 0 heterocycles. The zero-order valence-corrected chi connectivity index (χ0v) is 11.7. The maximum atomic E-state index is 6.11. The van der Waals surface area contributed by atoms with E-state index in [1.807, 2.05) is 12.1 Å². The van der Waals surface area contributed by atoms with Gasteiger partial charge < -0.3 is 5.32 Å². The first-order valence-electron chi connectivity index (χ1n) is 6.34. The van der Waals surface area contributed by atoms with Crippen LogP contribution in [0.4, 0.5) is 0 Å². The lowest BCUT2D eigenvalue weighted by atomic mass is 9.88. The Labute approximate surface area is 114 Å². The van der Waals surface area contributed by atoms with Gasteiger partial charge in [0.15, 0.2) is 0 Å². The highest BCUT2D eigenvalue weighted by atomic mass is 35.5. The molecule has 94 valence electrons. The van der Waals surface area contributed by atoms with Crippen LogP contribution in [0.5, 0.6) is 0 Å². The van der Waals surface area contributed by atoms with Gasteiger partial charge in [0.25, 0.3) is 0 Å². The monoisotopic (exact) mass is 271 g/mol. The maximum absolute atomic E-state index is 6.11. The first kappa shape index (κ1) is 13.2. The lowest BCUT2D eigenvalue weighted by Crippen LogP contribution is -2.31. The van der Waals surface area contributed by atoms with Crippen LogP contribution in [0.25, 0.3) is 0 Å². The molecule has 0 bridgehead atoms. The van der Waals surface area contributed by atoms with Crippen LogP contribution < -0.4 is 5.32 Å². The largest absolute Gasteiger partial charge is 0.316 e. The van der Waals surface area contributed by atoms with Crippen molar-refractivity contribution in [3.05, 3.63) is 33.8 Å². The average molecular weight is 272 g/mol. The van der Waals surface area contributed by atoms with Gasteiger partial charge in [-0.05, 0) is 43.5 Å². The Kier molecular flexibility index (Phi) is 4.72. The topological polar surface area (TPSA) is 12.0 Å². The fourth-order valence-electron chi connectivity index (χ4n) is 2.80. The molecule has 2 rings (SSSR count). The van der Waals surface area contributed by atoms with Crippen LogP contribution in [0.3, 0.4) is 0 Å². The van der Waals surface area contributed by atoms with Gasteiger partial charge in [-0.3, -0.25) is 0 Å². The SMILES string of the molecule is CNC1CCCCCC1c1ccc(Cl)c(Cl)c1. The molecule has 0 radical (unpaired) electrons. The molecule has 1 saturated carbocycles. The van der Waals surface area contributed by atoms with E-state index in [4.69, 9.17) is 23.2 Å². The van der Waals surface area contributed by atoms with Gasteiger partial charge in [0.05, 0.1) is 10.0 Å². The second-order valence-corrected chi connectivity index (χ2v) is 5.63. The van der Waals surface area contributed by atoms with Crippen LogP contribution in [0, 0.1) is 0 Å². The molecule has 0 saturated heterocycles. The predicted molar refractivity (Wildman–Crippen MR) is 75.1 cm³/mol. The fraction of sp³-hybridized carbons (Fsp3) is 0.571. The van der Waals surface area contributed by atoms with Gasteiger partial charge in [0, 0.05) is 6.04 Å². The summed E-state index contributed by atoms with van der Waals surface area (Å²) < 4.78 is 0. The standard InChI is InChI=1S/C14H19Cl2N/c1-17-14-6-4-2-3-5-11(14)10-7-8-12(15)13(16)9-10/h7-9,11,14,17H,2-6H2,1H3. The zero-order valence-electron chi connectivity index (χ0n) is 10.2. The minimum Gasteiger partial charge on any atom is -0.316 e. The molecule has 2 unspecified atom stereocenters. The minimum absolute atomic E-state index is 0.565. The summed E-state index contributed by atoms with van der Waals surface area (Å²) in [6, 6.07) is 6.63. The Morgan fingerprint density at radius 3 is 2.53 bits per heavy atom. The van der Waals surface area contributed by atoms with Crippen LogP contribution in [-0.2, 0) is 0 Å². The maximum Gasteiger partial charge on any atom is 0.0595 e. The summed E-state index contributed by atoms with van der Waals surface area (Å²) in [7, 11) is 2.06. The highest BCUT2D eigenvalue weighted by molar-refractivity contribution is 6.42. The molecule has 2 atom stereocenters. The Bertz CT molecular complexity index is 378. The molecular weight excluding hydrogens is 253 g/mol. The summed E-state index contributed by atoms with van der Waals surface area (Å²) >= 11 is 12.1. The van der Waals surface area contributed by atoms with Gasteiger partial charge in [-0.15, -0.1) is 0 Å². The average Bonchev–Trinajstić information content (AvgIpc) is 2.57. The number of likely N-dealkylation sites (N-methyl/N-ethyl adjacent to an activating group) is 1. The Hall–Kier alpha value is -0.240. The summed E-state index contributed by atoms with van der Waals surface area (Å²) in [5.74, 6) is 0.567. The Morgan fingerprint density at radius 1 is 1.06 bits per heavy atom. The molecule has 0 aromatic heterocycles. The van der Waals surface area contributed by atoms with Gasteiger partial charge in [-0.1, -0.05) is 48.5 Å². The van der Waals surface area contributed by atoms with Crippen molar-refractivity contribution in [1.82, 2.24) is 5.32 Å². The third-order valence-corrected chi connectivity index (χ3v) is 4.50. The van der Waals surface area contributed by atoms with Crippen LogP contribution in [0.1, 0.15) is 43.6 Å². The lowest BCUT2D eigenvalue weighted by molar-refractivity contribution is 0.439. The number of hydrogen-bond donors (Lipinski definition) is 1. The Morgan fingerprint density at radius 2 is 1.82 bits per heavy atom. The van der Waals surface area contributed by atoms with Crippen LogP contribution in [0.2, 0.25) is 10.0 Å². The number of rotatable bonds is 2. The second-order valence-electron chi connectivity index (χ2n) is 4.81. The first-order chi connectivity index (χ1) is 8.22. The van der Waals surface area contributed by atoms with Gasteiger partial charge in [0.2, 0.25) is 0 Å².